The fourth-order valence-corrected chi connectivity index (χ4v) is 3.11. The molecule has 1 fully saturated rings. The predicted octanol–water partition coefficient (Wildman–Crippen LogP) is 3.78. The number of nitrogens with one attached hydrogen (secondary N) is 1. The van der Waals surface area contributed by atoms with Crippen LogP contribution in [-0.2, 0) is 4.79 Å². The van der Waals surface area contributed by atoms with E-state index in [4.69, 9.17) is 16.3 Å². The van der Waals surface area contributed by atoms with Gasteiger partial charge in [0.15, 0.2) is 18.2 Å². The van der Waals surface area contributed by atoms with E-state index in [9.17, 15) is 18.0 Å². The molecule has 8 heteroatoms. The Bertz CT molecular complexity index is 835. The zero-order valence-electron chi connectivity index (χ0n) is 14.4. The second-order valence-electron chi connectivity index (χ2n) is 6.37. The normalized spacial score (nSPS) is 16.4. The number of hydrogen-bond donors (Lipinski definition) is 1. The van der Waals surface area contributed by atoms with Gasteiger partial charge in [-0.15, -0.1) is 0 Å². The van der Waals surface area contributed by atoms with Gasteiger partial charge in [0.2, 0.25) is 0 Å². The van der Waals surface area contributed by atoms with Crippen molar-refractivity contribution in [2.45, 2.75) is 6.42 Å². The van der Waals surface area contributed by atoms with Crippen molar-refractivity contribution in [3.8, 4) is 5.75 Å². The zero-order valence-corrected chi connectivity index (χ0v) is 15.1. The molecule has 1 amide bonds. The second kappa shape index (κ2) is 8.52. The van der Waals surface area contributed by atoms with Crippen LogP contribution in [0.5, 0.6) is 5.75 Å². The molecule has 1 saturated heterocycles. The summed E-state index contributed by atoms with van der Waals surface area (Å²) in [5.41, 5.74) is 0.624. The topological polar surface area (TPSA) is 41.6 Å². The summed E-state index contributed by atoms with van der Waals surface area (Å²) in [4.78, 5) is 13.9. The van der Waals surface area contributed by atoms with Crippen LogP contribution in [-0.4, -0.2) is 32.1 Å². The van der Waals surface area contributed by atoms with Gasteiger partial charge in [-0.1, -0.05) is 11.6 Å². The minimum atomic E-state index is -0.873. The molecule has 144 valence electrons. The third-order valence-corrected chi connectivity index (χ3v) is 4.69. The van der Waals surface area contributed by atoms with E-state index in [2.05, 4.69) is 5.32 Å². The summed E-state index contributed by atoms with van der Waals surface area (Å²) in [7, 11) is 0. The fourth-order valence-electron chi connectivity index (χ4n) is 2.94. The van der Waals surface area contributed by atoms with Crippen LogP contribution in [0.1, 0.15) is 6.42 Å². The molecule has 2 aromatic carbocycles. The standard InChI is InChI=1S/C19H18ClF3N2O2/c20-15-8-14(2-4-16(15)21)27-11-19(26)24-9-12-5-6-25(10-12)13-1-3-17(22)18(23)7-13/h1-4,7-8,12H,5-6,9-11H2,(H,24,26). The maximum atomic E-state index is 13.4. The average molecular weight is 399 g/mol. The Morgan fingerprint density at radius 1 is 1.15 bits per heavy atom. The Morgan fingerprint density at radius 2 is 1.93 bits per heavy atom. The van der Waals surface area contributed by atoms with E-state index in [0.717, 1.165) is 12.5 Å². The van der Waals surface area contributed by atoms with Crippen LogP contribution in [0, 0.1) is 23.4 Å². The van der Waals surface area contributed by atoms with Gasteiger partial charge in [-0.2, -0.15) is 0 Å². The number of benzene rings is 2. The first-order valence-corrected chi connectivity index (χ1v) is 8.84. The molecular weight excluding hydrogens is 381 g/mol. The number of ether oxygens (including phenoxy) is 1. The predicted molar refractivity (Wildman–Crippen MR) is 96.6 cm³/mol. The van der Waals surface area contributed by atoms with Crippen LogP contribution < -0.4 is 15.0 Å². The number of carbonyl (C=O) groups is 1. The van der Waals surface area contributed by atoms with Crippen LogP contribution in [0.15, 0.2) is 36.4 Å². The van der Waals surface area contributed by atoms with Gasteiger partial charge in [0, 0.05) is 37.5 Å². The van der Waals surface area contributed by atoms with Gasteiger partial charge in [-0.25, -0.2) is 13.2 Å². The van der Waals surface area contributed by atoms with Crippen molar-refractivity contribution in [2.24, 2.45) is 5.92 Å². The minimum absolute atomic E-state index is 0.0730. The molecule has 1 unspecified atom stereocenters. The van der Waals surface area contributed by atoms with Gasteiger partial charge in [-0.05, 0) is 36.6 Å². The van der Waals surface area contributed by atoms with Crippen molar-refractivity contribution in [3.05, 3.63) is 58.9 Å². The summed E-state index contributed by atoms with van der Waals surface area (Å²) in [5, 5.41) is 2.71. The number of amides is 1. The number of carbonyl (C=O) groups excluding carboxylic acids is 1. The summed E-state index contributed by atoms with van der Waals surface area (Å²) < 4.78 is 44.7. The minimum Gasteiger partial charge on any atom is -0.484 e. The second-order valence-corrected chi connectivity index (χ2v) is 6.77. The smallest absolute Gasteiger partial charge is 0.257 e. The van der Waals surface area contributed by atoms with Crippen molar-refractivity contribution in [3.63, 3.8) is 0 Å². The molecule has 1 aliphatic heterocycles. The summed E-state index contributed by atoms with van der Waals surface area (Å²) in [6, 6.07) is 7.70. The number of halogens is 4. The molecule has 0 aliphatic carbocycles. The van der Waals surface area contributed by atoms with E-state index in [1.807, 2.05) is 4.90 Å². The average Bonchev–Trinajstić information content (AvgIpc) is 3.12. The Labute approximate surface area is 159 Å². The third-order valence-electron chi connectivity index (χ3n) is 4.40. The maximum Gasteiger partial charge on any atom is 0.257 e. The number of hydrogen-bond acceptors (Lipinski definition) is 3. The first-order valence-electron chi connectivity index (χ1n) is 8.47. The van der Waals surface area contributed by atoms with Gasteiger partial charge in [0.1, 0.15) is 11.6 Å². The highest BCUT2D eigenvalue weighted by Crippen LogP contribution is 2.25. The molecule has 1 aliphatic rings. The molecule has 3 rings (SSSR count). The van der Waals surface area contributed by atoms with Crippen LogP contribution in [0.25, 0.3) is 0 Å². The van der Waals surface area contributed by atoms with Gasteiger partial charge < -0.3 is 15.0 Å². The van der Waals surface area contributed by atoms with Crippen molar-refractivity contribution < 1.29 is 22.7 Å². The Kier molecular flexibility index (Phi) is 6.11. The molecule has 27 heavy (non-hydrogen) atoms. The highest BCUT2D eigenvalue weighted by atomic mass is 35.5. The molecule has 0 bridgehead atoms. The number of rotatable bonds is 6. The molecule has 0 spiro atoms. The first kappa shape index (κ1) is 19.4. The molecular formula is C19H18ClF3N2O2. The lowest BCUT2D eigenvalue weighted by molar-refractivity contribution is -0.123. The summed E-state index contributed by atoms with van der Waals surface area (Å²) in [5.74, 6) is -2.10. The Balaban J connectivity index is 1.43. The molecule has 4 nitrogen and oxygen atoms in total. The van der Waals surface area contributed by atoms with E-state index in [1.165, 1.54) is 24.3 Å². The highest BCUT2D eigenvalue weighted by molar-refractivity contribution is 6.30. The van der Waals surface area contributed by atoms with Crippen LogP contribution in [0.3, 0.4) is 0 Å². The summed E-state index contributed by atoms with van der Waals surface area (Å²) in [6.45, 7) is 1.59. The van der Waals surface area contributed by atoms with Gasteiger partial charge in [0.25, 0.3) is 5.91 Å². The Hall–Kier alpha value is -2.41. The van der Waals surface area contributed by atoms with E-state index < -0.39 is 17.5 Å². The summed E-state index contributed by atoms with van der Waals surface area (Å²) >= 11 is 5.65. The van der Waals surface area contributed by atoms with Crippen LogP contribution >= 0.6 is 11.6 Å². The van der Waals surface area contributed by atoms with Crippen molar-refractivity contribution in [1.82, 2.24) is 5.32 Å². The lowest BCUT2D eigenvalue weighted by Gasteiger charge is -2.19. The van der Waals surface area contributed by atoms with Crippen molar-refractivity contribution >= 4 is 23.2 Å². The Morgan fingerprint density at radius 3 is 2.67 bits per heavy atom. The first-order chi connectivity index (χ1) is 12.9. The van der Waals surface area contributed by atoms with Crippen molar-refractivity contribution in [2.75, 3.05) is 31.1 Å². The lowest BCUT2D eigenvalue weighted by Crippen LogP contribution is -2.34. The van der Waals surface area contributed by atoms with Gasteiger partial charge in [-0.3, -0.25) is 4.79 Å². The highest BCUT2D eigenvalue weighted by Gasteiger charge is 2.23. The summed E-state index contributed by atoms with van der Waals surface area (Å²) in [6.07, 6.45) is 0.827. The SMILES string of the molecule is O=C(COc1ccc(F)c(Cl)c1)NCC1CCN(c2ccc(F)c(F)c2)C1. The molecule has 0 saturated carbocycles. The van der Waals surface area contributed by atoms with Crippen molar-refractivity contribution in [1.29, 1.82) is 0 Å². The van der Waals surface area contributed by atoms with E-state index in [1.54, 1.807) is 6.07 Å². The molecule has 1 heterocycles. The molecule has 1 N–H and O–H groups in total. The van der Waals surface area contributed by atoms with Crippen LogP contribution in [0.4, 0.5) is 18.9 Å². The lowest BCUT2D eigenvalue weighted by atomic mass is 10.1. The molecule has 2 aromatic rings. The maximum absolute atomic E-state index is 13.4. The van der Waals surface area contributed by atoms with E-state index in [0.29, 0.717) is 31.1 Å². The number of anilines is 1. The van der Waals surface area contributed by atoms with E-state index >= 15 is 0 Å². The third kappa shape index (κ3) is 5.07. The quantitative estimate of drug-likeness (QED) is 0.805. The largest absolute Gasteiger partial charge is 0.484 e. The van der Waals surface area contributed by atoms with Gasteiger partial charge in [0.05, 0.1) is 5.02 Å². The molecule has 0 aromatic heterocycles. The molecule has 1 atom stereocenters. The molecule has 0 radical (unpaired) electrons. The fraction of sp³-hybridized carbons (Fsp3) is 0.316. The number of nitrogens with zero attached hydrogens (tertiary/aromatic N) is 1. The zero-order chi connectivity index (χ0) is 19.4. The van der Waals surface area contributed by atoms with Crippen LogP contribution in [0.2, 0.25) is 5.02 Å². The van der Waals surface area contributed by atoms with Gasteiger partial charge >= 0.3 is 0 Å². The van der Waals surface area contributed by atoms with E-state index in [-0.39, 0.29) is 23.5 Å². The monoisotopic (exact) mass is 398 g/mol.